The maximum absolute atomic E-state index is 13.1. The minimum atomic E-state index is -0.269. The molecule has 0 aliphatic carbocycles. The van der Waals surface area contributed by atoms with Crippen molar-refractivity contribution in [1.82, 2.24) is 4.90 Å². The molecular weight excluding hydrogens is 382 g/mol. The number of thioether (sulfide) groups is 1. The van der Waals surface area contributed by atoms with Crippen molar-refractivity contribution in [2.24, 2.45) is 0 Å². The van der Waals surface area contributed by atoms with Gasteiger partial charge in [-0.05, 0) is 35.9 Å². The second-order valence-corrected chi connectivity index (χ2v) is 7.69. The number of imide groups is 1. The smallest absolute Gasteiger partial charge is 0.267 e. The molecular formula is C21H20ClNO3S. The molecule has 0 aromatic heterocycles. The molecule has 0 N–H and O–H groups in total. The van der Waals surface area contributed by atoms with Crippen LogP contribution in [-0.2, 0) is 16.0 Å². The first-order valence-electron chi connectivity index (χ1n) is 8.68. The molecule has 0 fully saturated rings. The summed E-state index contributed by atoms with van der Waals surface area (Å²) in [6, 6.07) is 14.7. The normalized spacial score (nSPS) is 14.3. The Morgan fingerprint density at radius 3 is 2.41 bits per heavy atom. The fraction of sp³-hybridized carbons (Fsp3) is 0.238. The van der Waals surface area contributed by atoms with E-state index in [4.69, 9.17) is 16.3 Å². The number of rotatable bonds is 7. The third-order valence-corrected chi connectivity index (χ3v) is 5.54. The summed E-state index contributed by atoms with van der Waals surface area (Å²) in [5, 5.41) is 0.661. The molecule has 0 bridgehead atoms. The number of halogens is 1. The number of para-hydroxylation sites is 1. The lowest BCUT2D eigenvalue weighted by Crippen LogP contribution is -2.33. The van der Waals surface area contributed by atoms with Crippen molar-refractivity contribution < 1.29 is 14.3 Å². The van der Waals surface area contributed by atoms with E-state index in [1.54, 1.807) is 25.3 Å². The second kappa shape index (κ2) is 8.63. The Kier molecular flexibility index (Phi) is 6.24. The minimum absolute atomic E-state index is 0.235. The molecule has 140 valence electrons. The van der Waals surface area contributed by atoms with Crippen LogP contribution in [0.3, 0.4) is 0 Å². The number of hydrogen-bond acceptors (Lipinski definition) is 4. The number of hydrogen-bond donors (Lipinski definition) is 0. The average Bonchev–Trinajstić information content (AvgIpc) is 2.91. The molecule has 0 radical (unpaired) electrons. The van der Waals surface area contributed by atoms with Crippen molar-refractivity contribution in [2.75, 3.05) is 19.4 Å². The number of amides is 2. The van der Waals surface area contributed by atoms with Crippen LogP contribution in [0.25, 0.3) is 5.57 Å². The van der Waals surface area contributed by atoms with Crippen molar-refractivity contribution in [1.29, 1.82) is 0 Å². The maximum atomic E-state index is 13.1. The van der Waals surface area contributed by atoms with Gasteiger partial charge in [0.25, 0.3) is 11.8 Å². The zero-order valence-corrected chi connectivity index (χ0v) is 16.8. The summed E-state index contributed by atoms with van der Waals surface area (Å²) in [5.41, 5.74) is 2.11. The quantitative estimate of drug-likeness (QED) is 0.644. The van der Waals surface area contributed by atoms with E-state index in [1.807, 2.05) is 37.3 Å². The van der Waals surface area contributed by atoms with Crippen LogP contribution < -0.4 is 4.74 Å². The molecule has 0 spiro atoms. The van der Waals surface area contributed by atoms with E-state index >= 15 is 0 Å². The summed E-state index contributed by atoms with van der Waals surface area (Å²) in [4.78, 5) is 27.8. The first-order chi connectivity index (χ1) is 13.1. The summed E-state index contributed by atoms with van der Waals surface area (Å²) in [6.45, 7) is 2.29. The Morgan fingerprint density at radius 1 is 1.04 bits per heavy atom. The van der Waals surface area contributed by atoms with Crippen LogP contribution >= 0.6 is 23.4 Å². The monoisotopic (exact) mass is 401 g/mol. The van der Waals surface area contributed by atoms with Gasteiger partial charge in [-0.15, -0.1) is 11.8 Å². The lowest BCUT2D eigenvalue weighted by molar-refractivity contribution is -0.136. The first-order valence-corrected chi connectivity index (χ1v) is 10.0. The molecule has 1 aliphatic rings. The van der Waals surface area contributed by atoms with Crippen molar-refractivity contribution in [3.63, 3.8) is 0 Å². The van der Waals surface area contributed by atoms with Crippen molar-refractivity contribution in [2.45, 2.75) is 13.3 Å². The molecule has 0 unspecified atom stereocenters. The van der Waals surface area contributed by atoms with Gasteiger partial charge in [-0.1, -0.05) is 48.9 Å². The van der Waals surface area contributed by atoms with Gasteiger partial charge in [0.1, 0.15) is 5.75 Å². The fourth-order valence-corrected chi connectivity index (χ4v) is 4.01. The van der Waals surface area contributed by atoms with Crippen molar-refractivity contribution >= 4 is 40.8 Å². The summed E-state index contributed by atoms with van der Waals surface area (Å²) in [5.74, 6) is 0.788. The molecule has 3 rings (SSSR count). The Hall–Kier alpha value is -2.24. The van der Waals surface area contributed by atoms with E-state index in [2.05, 4.69) is 0 Å². The predicted octanol–water partition coefficient (Wildman–Crippen LogP) is 4.42. The van der Waals surface area contributed by atoms with Crippen LogP contribution in [0.4, 0.5) is 0 Å². The molecule has 2 aromatic carbocycles. The van der Waals surface area contributed by atoms with Crippen LogP contribution in [0.5, 0.6) is 5.75 Å². The second-order valence-electron chi connectivity index (χ2n) is 5.98. The third-order valence-electron chi connectivity index (χ3n) is 4.33. The number of carbonyl (C=O) groups excluding carboxylic acids is 2. The Bertz CT molecular complexity index is 893. The van der Waals surface area contributed by atoms with Gasteiger partial charge in [0.2, 0.25) is 0 Å². The van der Waals surface area contributed by atoms with Gasteiger partial charge < -0.3 is 4.74 Å². The minimum Gasteiger partial charge on any atom is -0.496 e. The van der Waals surface area contributed by atoms with E-state index in [9.17, 15) is 9.59 Å². The summed E-state index contributed by atoms with van der Waals surface area (Å²) < 4.78 is 5.41. The highest BCUT2D eigenvalue weighted by molar-refractivity contribution is 8.04. The van der Waals surface area contributed by atoms with Gasteiger partial charge in [-0.2, -0.15) is 0 Å². The average molecular weight is 402 g/mol. The van der Waals surface area contributed by atoms with Gasteiger partial charge in [-0.3, -0.25) is 14.5 Å². The van der Waals surface area contributed by atoms with Crippen LogP contribution in [0.15, 0.2) is 53.4 Å². The van der Waals surface area contributed by atoms with Crippen LogP contribution in [-0.4, -0.2) is 36.1 Å². The highest BCUT2D eigenvalue weighted by Crippen LogP contribution is 2.39. The molecule has 27 heavy (non-hydrogen) atoms. The Balaban J connectivity index is 1.89. The summed E-state index contributed by atoms with van der Waals surface area (Å²) >= 11 is 7.31. The molecule has 2 amide bonds. The van der Waals surface area contributed by atoms with E-state index in [-0.39, 0.29) is 11.8 Å². The highest BCUT2D eigenvalue weighted by Gasteiger charge is 2.39. The third kappa shape index (κ3) is 4.04. The van der Waals surface area contributed by atoms with E-state index in [1.165, 1.54) is 16.7 Å². The van der Waals surface area contributed by atoms with E-state index in [0.29, 0.717) is 45.5 Å². The highest BCUT2D eigenvalue weighted by atomic mass is 35.5. The zero-order valence-electron chi connectivity index (χ0n) is 15.2. The number of carbonyl (C=O) groups is 2. The van der Waals surface area contributed by atoms with Crippen LogP contribution in [0.2, 0.25) is 5.02 Å². The van der Waals surface area contributed by atoms with Gasteiger partial charge in [0, 0.05) is 17.1 Å². The van der Waals surface area contributed by atoms with Gasteiger partial charge in [-0.25, -0.2) is 0 Å². The number of benzene rings is 2. The molecule has 1 heterocycles. The van der Waals surface area contributed by atoms with Crippen LogP contribution in [0, 0.1) is 0 Å². The largest absolute Gasteiger partial charge is 0.496 e. The Morgan fingerprint density at radius 2 is 1.74 bits per heavy atom. The maximum Gasteiger partial charge on any atom is 0.267 e. The predicted molar refractivity (Wildman–Crippen MR) is 110 cm³/mol. The summed E-state index contributed by atoms with van der Waals surface area (Å²) in [7, 11) is 1.56. The van der Waals surface area contributed by atoms with Crippen LogP contribution in [0.1, 0.15) is 18.1 Å². The Labute approximate surface area is 168 Å². The van der Waals surface area contributed by atoms with Crippen molar-refractivity contribution in [3.05, 3.63) is 69.6 Å². The molecule has 2 aromatic rings. The fourth-order valence-electron chi connectivity index (χ4n) is 3.02. The molecule has 0 saturated heterocycles. The van der Waals surface area contributed by atoms with Gasteiger partial charge in [0.15, 0.2) is 0 Å². The number of nitrogens with zero attached hydrogens (tertiary/aromatic N) is 1. The molecule has 0 saturated carbocycles. The zero-order chi connectivity index (χ0) is 19.4. The van der Waals surface area contributed by atoms with E-state index < -0.39 is 0 Å². The van der Waals surface area contributed by atoms with Gasteiger partial charge >= 0.3 is 0 Å². The number of methoxy groups -OCH3 is 1. The molecule has 6 heteroatoms. The van der Waals surface area contributed by atoms with Gasteiger partial charge in [0.05, 0.1) is 17.6 Å². The first kappa shape index (κ1) is 19.5. The lowest BCUT2D eigenvalue weighted by atomic mass is 10.0. The SMILES string of the molecule is CCSC1=C(c2ccccc2OC)C(=O)N(CCc2ccc(Cl)cc2)C1=O. The standard InChI is InChI=1S/C21H20ClNO3S/c1-3-27-19-18(16-6-4-5-7-17(16)26-2)20(24)23(21(19)25)13-12-14-8-10-15(22)11-9-14/h4-11H,3,12-13H2,1-2H3. The molecule has 0 atom stereocenters. The summed E-state index contributed by atoms with van der Waals surface area (Å²) in [6.07, 6.45) is 0.581. The van der Waals surface area contributed by atoms with E-state index in [0.717, 1.165) is 5.56 Å². The topological polar surface area (TPSA) is 46.6 Å². The van der Waals surface area contributed by atoms with Crippen molar-refractivity contribution in [3.8, 4) is 5.75 Å². The lowest BCUT2D eigenvalue weighted by Gasteiger charge is -2.15. The molecule has 4 nitrogen and oxygen atoms in total. The molecule has 1 aliphatic heterocycles. The number of ether oxygens (including phenoxy) is 1.